The maximum absolute atomic E-state index is 6.83. The summed E-state index contributed by atoms with van der Waals surface area (Å²) in [7, 11) is 0. The molecule has 60 heavy (non-hydrogen) atoms. The fourth-order valence-corrected chi connectivity index (χ4v) is 9.65. The van der Waals surface area contributed by atoms with Crippen LogP contribution in [0.15, 0.2) is 177 Å². The molecule has 12 aromatic rings. The van der Waals surface area contributed by atoms with Gasteiger partial charge in [0.05, 0.1) is 11.4 Å². The van der Waals surface area contributed by atoms with E-state index in [2.05, 4.69) is 117 Å². The predicted octanol–water partition coefficient (Wildman–Crippen LogP) is 14.5. The number of rotatable bonds is 4. The summed E-state index contributed by atoms with van der Waals surface area (Å²) in [6.07, 6.45) is 0. The molecule has 0 amide bonds. The fraction of sp³-hybridized carbons (Fsp3) is 0.0556. The SMILES string of the molecule is CC1(C)c2ccccc2-c2c1ccc1ccc3nc(-c4cccc(-c5nc(-c6cccc7c6oc6ccccc67)cc(-c6cccc7c6oc6ccccc67)n5)c4)oc3c21. The van der Waals surface area contributed by atoms with Crippen LogP contribution in [0.4, 0.5) is 0 Å². The van der Waals surface area contributed by atoms with Gasteiger partial charge in [-0.1, -0.05) is 129 Å². The molecule has 6 nitrogen and oxygen atoms in total. The van der Waals surface area contributed by atoms with Crippen LogP contribution in [0.25, 0.3) is 122 Å². The number of oxazole rings is 1. The van der Waals surface area contributed by atoms with Gasteiger partial charge in [0.25, 0.3) is 0 Å². The number of fused-ring (bicyclic) bond motifs is 13. The number of hydrogen-bond acceptors (Lipinski definition) is 6. The zero-order chi connectivity index (χ0) is 39.7. The van der Waals surface area contributed by atoms with Gasteiger partial charge in [-0.25, -0.2) is 15.0 Å². The van der Waals surface area contributed by atoms with Crippen LogP contribution in [0.1, 0.15) is 25.0 Å². The highest BCUT2D eigenvalue weighted by Crippen LogP contribution is 2.52. The molecule has 0 bridgehead atoms. The van der Waals surface area contributed by atoms with Crippen LogP contribution >= 0.6 is 0 Å². The average Bonchev–Trinajstić information content (AvgIpc) is 4.06. The molecule has 0 aliphatic heterocycles. The van der Waals surface area contributed by atoms with E-state index >= 15 is 0 Å². The molecular formula is C54H33N3O3. The molecule has 1 aliphatic carbocycles. The van der Waals surface area contributed by atoms with Gasteiger partial charge in [-0.15, -0.1) is 0 Å². The molecule has 1 aliphatic rings. The Labute approximate surface area is 343 Å². The van der Waals surface area contributed by atoms with Crippen molar-refractivity contribution in [1.82, 2.24) is 15.0 Å². The number of nitrogens with zero attached hydrogens (tertiary/aromatic N) is 3. The van der Waals surface area contributed by atoms with Gasteiger partial charge in [-0.05, 0) is 76.2 Å². The highest BCUT2D eigenvalue weighted by atomic mass is 16.3. The smallest absolute Gasteiger partial charge is 0.227 e. The van der Waals surface area contributed by atoms with Crippen molar-refractivity contribution in [3.63, 3.8) is 0 Å². The fourth-order valence-electron chi connectivity index (χ4n) is 9.65. The minimum atomic E-state index is -0.126. The van der Waals surface area contributed by atoms with E-state index in [0.29, 0.717) is 11.7 Å². The Bertz CT molecular complexity index is 3640. The molecule has 0 spiro atoms. The molecule has 0 radical (unpaired) electrons. The third-order valence-corrected chi connectivity index (χ3v) is 12.5. The summed E-state index contributed by atoms with van der Waals surface area (Å²) in [4.78, 5) is 15.7. The molecule has 0 atom stereocenters. The summed E-state index contributed by atoms with van der Waals surface area (Å²) >= 11 is 0. The van der Waals surface area contributed by atoms with Crippen molar-refractivity contribution < 1.29 is 13.3 Å². The highest BCUT2D eigenvalue weighted by Gasteiger charge is 2.37. The van der Waals surface area contributed by atoms with Gasteiger partial charge in [0, 0.05) is 54.6 Å². The molecule has 8 aromatic carbocycles. The Hall–Kier alpha value is -7.83. The molecule has 0 N–H and O–H groups in total. The van der Waals surface area contributed by atoms with Crippen molar-refractivity contribution in [3.8, 4) is 56.5 Å². The Kier molecular flexibility index (Phi) is 6.69. The monoisotopic (exact) mass is 771 g/mol. The second-order valence-corrected chi connectivity index (χ2v) is 16.3. The van der Waals surface area contributed by atoms with E-state index in [1.54, 1.807) is 0 Å². The lowest BCUT2D eigenvalue weighted by Crippen LogP contribution is -2.14. The second kappa shape index (κ2) is 12.1. The largest absolute Gasteiger partial charge is 0.455 e. The first-order valence-electron chi connectivity index (χ1n) is 20.3. The van der Waals surface area contributed by atoms with Crippen molar-refractivity contribution in [3.05, 3.63) is 175 Å². The number of furan rings is 2. The summed E-state index contributed by atoms with van der Waals surface area (Å²) in [6.45, 7) is 4.61. The maximum atomic E-state index is 6.83. The molecule has 0 saturated heterocycles. The van der Waals surface area contributed by atoms with Gasteiger partial charge in [0.2, 0.25) is 5.89 Å². The summed E-state index contributed by atoms with van der Waals surface area (Å²) in [5, 5.41) is 6.42. The number of benzene rings is 8. The van der Waals surface area contributed by atoms with E-state index in [9.17, 15) is 0 Å². The zero-order valence-electron chi connectivity index (χ0n) is 32.7. The van der Waals surface area contributed by atoms with Gasteiger partial charge in [0.1, 0.15) is 27.8 Å². The number of para-hydroxylation sites is 4. The van der Waals surface area contributed by atoms with Gasteiger partial charge in [0.15, 0.2) is 11.4 Å². The van der Waals surface area contributed by atoms with Crippen molar-refractivity contribution in [1.29, 1.82) is 0 Å². The van der Waals surface area contributed by atoms with E-state index in [4.69, 9.17) is 28.2 Å². The first-order valence-corrected chi connectivity index (χ1v) is 20.3. The first-order chi connectivity index (χ1) is 29.5. The number of hydrogen-bond donors (Lipinski definition) is 0. The third-order valence-electron chi connectivity index (χ3n) is 12.5. The minimum Gasteiger partial charge on any atom is -0.455 e. The third kappa shape index (κ3) is 4.67. The molecule has 0 unspecified atom stereocenters. The Morgan fingerprint density at radius 3 is 1.73 bits per heavy atom. The van der Waals surface area contributed by atoms with Crippen LogP contribution in [0.5, 0.6) is 0 Å². The highest BCUT2D eigenvalue weighted by molar-refractivity contribution is 6.14. The quantitative estimate of drug-likeness (QED) is 0.177. The molecule has 282 valence electrons. The van der Waals surface area contributed by atoms with E-state index in [-0.39, 0.29) is 5.41 Å². The molecule has 4 heterocycles. The van der Waals surface area contributed by atoms with Crippen LogP contribution < -0.4 is 0 Å². The Balaban J connectivity index is 1.01. The summed E-state index contributed by atoms with van der Waals surface area (Å²) in [6, 6.07) is 56.4. The van der Waals surface area contributed by atoms with Gasteiger partial charge < -0.3 is 13.3 Å². The lowest BCUT2D eigenvalue weighted by molar-refractivity contribution is 0.623. The topological polar surface area (TPSA) is 78.1 Å². The molecule has 0 fully saturated rings. The normalized spacial score (nSPS) is 13.3. The van der Waals surface area contributed by atoms with Crippen LogP contribution in [0.2, 0.25) is 0 Å². The van der Waals surface area contributed by atoms with Crippen molar-refractivity contribution >= 4 is 65.7 Å². The van der Waals surface area contributed by atoms with E-state index in [1.165, 1.54) is 22.3 Å². The standard InChI is InChI=1S/C54H33N3O3/c1-54(2)40-21-6-3-16-37(40)48-41(54)26-24-30-25-27-42-51(47(30)48)60-53(57-42)32-13-9-12-31(28-32)52-55-43(38-19-10-17-35-33-14-4-7-22-45(33)58-49(35)38)29-44(56-52)39-20-11-18-36-34-15-5-8-23-46(34)59-50(36)39/h3-29H,1-2H3. The van der Waals surface area contributed by atoms with Crippen LogP contribution in [0, 0.1) is 0 Å². The summed E-state index contributed by atoms with van der Waals surface area (Å²) < 4.78 is 19.9. The lowest BCUT2D eigenvalue weighted by atomic mass is 9.82. The second-order valence-electron chi connectivity index (χ2n) is 16.3. The first kappa shape index (κ1) is 33.2. The Morgan fingerprint density at radius 2 is 1.02 bits per heavy atom. The van der Waals surface area contributed by atoms with Crippen LogP contribution in [0.3, 0.4) is 0 Å². The summed E-state index contributed by atoms with van der Waals surface area (Å²) in [5.41, 5.74) is 14.7. The van der Waals surface area contributed by atoms with Crippen molar-refractivity contribution in [2.75, 3.05) is 0 Å². The van der Waals surface area contributed by atoms with Gasteiger partial charge in [-0.3, -0.25) is 0 Å². The minimum absolute atomic E-state index is 0.126. The molecular weight excluding hydrogens is 739 g/mol. The molecule has 0 saturated carbocycles. The Morgan fingerprint density at radius 1 is 0.433 bits per heavy atom. The van der Waals surface area contributed by atoms with E-state index in [1.807, 2.05) is 60.7 Å². The summed E-state index contributed by atoms with van der Waals surface area (Å²) in [5.74, 6) is 1.10. The van der Waals surface area contributed by atoms with Gasteiger partial charge in [-0.2, -0.15) is 0 Å². The zero-order valence-corrected chi connectivity index (χ0v) is 32.7. The molecule has 4 aromatic heterocycles. The van der Waals surface area contributed by atoms with Crippen LogP contribution in [-0.4, -0.2) is 15.0 Å². The van der Waals surface area contributed by atoms with Crippen molar-refractivity contribution in [2.45, 2.75) is 19.3 Å². The number of aromatic nitrogens is 3. The van der Waals surface area contributed by atoms with Crippen LogP contribution in [-0.2, 0) is 5.41 Å². The van der Waals surface area contributed by atoms with Crippen molar-refractivity contribution in [2.24, 2.45) is 0 Å². The molecule has 6 heteroatoms. The molecule has 13 rings (SSSR count). The van der Waals surface area contributed by atoms with E-state index in [0.717, 1.165) is 99.4 Å². The van der Waals surface area contributed by atoms with Gasteiger partial charge >= 0.3 is 0 Å². The maximum Gasteiger partial charge on any atom is 0.227 e. The predicted molar refractivity (Wildman–Crippen MR) is 241 cm³/mol. The lowest BCUT2D eigenvalue weighted by Gasteiger charge is -2.21. The average molecular weight is 772 g/mol. The van der Waals surface area contributed by atoms with E-state index < -0.39 is 0 Å².